The first-order valence-corrected chi connectivity index (χ1v) is 6.31. The molecule has 1 aliphatic heterocycles. The number of hydrazone groups is 1. The molecule has 0 radical (unpaired) electrons. The summed E-state index contributed by atoms with van der Waals surface area (Å²) < 4.78 is 0. The van der Waals surface area contributed by atoms with E-state index in [0.717, 1.165) is 16.8 Å². The molecule has 1 heterocycles. The summed E-state index contributed by atoms with van der Waals surface area (Å²) in [5.74, 6) is -0.229. The molecule has 1 N–H and O–H groups in total. The first-order valence-electron chi connectivity index (χ1n) is 6.31. The molecule has 3 heteroatoms. The minimum atomic E-state index is -0.204. The number of amides is 1. The van der Waals surface area contributed by atoms with Crippen molar-refractivity contribution in [1.82, 2.24) is 5.43 Å². The minimum absolute atomic E-state index is 0.0253. The van der Waals surface area contributed by atoms with Crippen LogP contribution in [0.25, 0.3) is 0 Å². The molecule has 0 saturated carbocycles. The number of hydrogen-bond acceptors (Lipinski definition) is 2. The van der Waals surface area contributed by atoms with E-state index in [1.807, 2.05) is 60.7 Å². The lowest BCUT2D eigenvalue weighted by atomic mass is 9.91. The molecule has 1 aliphatic rings. The summed E-state index contributed by atoms with van der Waals surface area (Å²) in [6, 6.07) is 19.9. The average Bonchev–Trinajstić information content (AvgIpc) is 2.82. The first kappa shape index (κ1) is 11.7. The van der Waals surface area contributed by atoms with Gasteiger partial charge >= 0.3 is 0 Å². The van der Waals surface area contributed by atoms with Gasteiger partial charge in [-0.15, -0.1) is 0 Å². The normalized spacial score (nSPS) is 18.0. The van der Waals surface area contributed by atoms with Gasteiger partial charge in [-0.25, -0.2) is 5.43 Å². The third-order valence-electron chi connectivity index (χ3n) is 3.29. The largest absolute Gasteiger partial charge is 0.272 e. The van der Waals surface area contributed by atoms with E-state index in [4.69, 9.17) is 0 Å². The fourth-order valence-electron chi connectivity index (χ4n) is 2.31. The van der Waals surface area contributed by atoms with Gasteiger partial charge in [-0.05, 0) is 17.5 Å². The van der Waals surface area contributed by atoms with E-state index in [1.54, 1.807) is 0 Å². The molecule has 2 aromatic rings. The van der Waals surface area contributed by atoms with Crippen LogP contribution in [0.15, 0.2) is 65.8 Å². The second-order valence-corrected chi connectivity index (χ2v) is 4.58. The van der Waals surface area contributed by atoms with Gasteiger partial charge < -0.3 is 0 Å². The van der Waals surface area contributed by atoms with Gasteiger partial charge in [-0.2, -0.15) is 5.10 Å². The van der Waals surface area contributed by atoms with Gasteiger partial charge in [-0.3, -0.25) is 4.79 Å². The van der Waals surface area contributed by atoms with Crippen LogP contribution < -0.4 is 5.43 Å². The summed E-state index contributed by atoms with van der Waals surface area (Å²) in [6.07, 6.45) is 0.681. The Morgan fingerprint density at radius 3 is 2.26 bits per heavy atom. The number of benzene rings is 2. The van der Waals surface area contributed by atoms with Crippen LogP contribution >= 0.6 is 0 Å². The number of nitrogens with zero attached hydrogens (tertiary/aromatic N) is 1. The zero-order valence-corrected chi connectivity index (χ0v) is 10.4. The van der Waals surface area contributed by atoms with Crippen molar-refractivity contribution in [2.45, 2.75) is 6.42 Å². The summed E-state index contributed by atoms with van der Waals surface area (Å²) in [5.41, 5.74) is 5.56. The van der Waals surface area contributed by atoms with Crippen molar-refractivity contribution in [3.63, 3.8) is 0 Å². The molecule has 19 heavy (non-hydrogen) atoms. The molecule has 0 saturated heterocycles. The van der Waals surface area contributed by atoms with Gasteiger partial charge in [0.2, 0.25) is 5.91 Å². The van der Waals surface area contributed by atoms with Crippen LogP contribution in [0, 0.1) is 5.92 Å². The maximum atomic E-state index is 11.9. The number of carbonyl (C=O) groups excluding carboxylic acids is 1. The maximum absolute atomic E-state index is 11.9. The van der Waals surface area contributed by atoms with Crippen LogP contribution in [0.1, 0.15) is 11.1 Å². The summed E-state index contributed by atoms with van der Waals surface area (Å²) in [5, 5.41) is 4.18. The summed E-state index contributed by atoms with van der Waals surface area (Å²) in [6.45, 7) is 0. The number of rotatable bonds is 3. The Hall–Kier alpha value is -2.42. The van der Waals surface area contributed by atoms with Crippen LogP contribution in [0.2, 0.25) is 0 Å². The quantitative estimate of drug-likeness (QED) is 0.892. The molecule has 94 valence electrons. The van der Waals surface area contributed by atoms with Gasteiger partial charge in [0.25, 0.3) is 0 Å². The fourth-order valence-corrected chi connectivity index (χ4v) is 2.31. The molecular formula is C16H14N2O. The number of carbonyl (C=O) groups is 1. The lowest BCUT2D eigenvalue weighted by Crippen LogP contribution is -2.25. The predicted octanol–water partition coefficient (Wildman–Crippen LogP) is 2.38. The van der Waals surface area contributed by atoms with E-state index in [2.05, 4.69) is 10.5 Å². The van der Waals surface area contributed by atoms with Crippen LogP contribution in [-0.4, -0.2) is 11.6 Å². The molecular weight excluding hydrogens is 236 g/mol. The summed E-state index contributed by atoms with van der Waals surface area (Å²) in [7, 11) is 0. The average molecular weight is 250 g/mol. The monoisotopic (exact) mass is 250 g/mol. The SMILES string of the molecule is O=C1NN=C(c2ccccc2)C1Cc1ccccc1. The van der Waals surface area contributed by atoms with Crippen molar-refractivity contribution < 1.29 is 4.79 Å². The van der Waals surface area contributed by atoms with Crippen LogP contribution in [0.3, 0.4) is 0 Å². The van der Waals surface area contributed by atoms with Crippen molar-refractivity contribution in [3.8, 4) is 0 Å². The van der Waals surface area contributed by atoms with E-state index in [-0.39, 0.29) is 11.8 Å². The van der Waals surface area contributed by atoms with Gasteiger partial charge in [0, 0.05) is 0 Å². The Balaban J connectivity index is 1.87. The van der Waals surface area contributed by atoms with Crippen LogP contribution in [0.4, 0.5) is 0 Å². The van der Waals surface area contributed by atoms with Crippen LogP contribution in [-0.2, 0) is 11.2 Å². The fraction of sp³-hybridized carbons (Fsp3) is 0.125. The van der Waals surface area contributed by atoms with Crippen LogP contribution in [0.5, 0.6) is 0 Å². The maximum Gasteiger partial charge on any atom is 0.249 e. The number of hydrogen-bond donors (Lipinski definition) is 1. The third-order valence-corrected chi connectivity index (χ3v) is 3.29. The topological polar surface area (TPSA) is 41.5 Å². The molecule has 0 bridgehead atoms. The highest BCUT2D eigenvalue weighted by Crippen LogP contribution is 2.19. The summed E-state index contributed by atoms with van der Waals surface area (Å²) >= 11 is 0. The molecule has 0 aliphatic carbocycles. The highest BCUT2D eigenvalue weighted by atomic mass is 16.2. The molecule has 0 fully saturated rings. The van der Waals surface area contributed by atoms with Crippen molar-refractivity contribution in [1.29, 1.82) is 0 Å². The van der Waals surface area contributed by atoms with Gasteiger partial charge in [-0.1, -0.05) is 60.7 Å². The molecule has 3 rings (SSSR count). The van der Waals surface area contributed by atoms with Gasteiger partial charge in [0.15, 0.2) is 0 Å². The highest BCUT2D eigenvalue weighted by molar-refractivity contribution is 6.16. The lowest BCUT2D eigenvalue weighted by Gasteiger charge is -2.10. The molecule has 0 spiro atoms. The minimum Gasteiger partial charge on any atom is -0.272 e. The Morgan fingerprint density at radius 2 is 1.58 bits per heavy atom. The Kier molecular flexibility index (Phi) is 3.11. The molecule has 2 aromatic carbocycles. The van der Waals surface area contributed by atoms with Gasteiger partial charge in [0.1, 0.15) is 0 Å². The van der Waals surface area contributed by atoms with E-state index in [9.17, 15) is 4.79 Å². The molecule has 1 amide bonds. The second-order valence-electron chi connectivity index (χ2n) is 4.58. The van der Waals surface area contributed by atoms with E-state index in [1.165, 1.54) is 0 Å². The number of nitrogens with one attached hydrogen (secondary N) is 1. The zero-order valence-electron chi connectivity index (χ0n) is 10.4. The van der Waals surface area contributed by atoms with E-state index >= 15 is 0 Å². The molecule has 0 aromatic heterocycles. The Morgan fingerprint density at radius 1 is 0.947 bits per heavy atom. The Bertz CT molecular complexity index is 605. The smallest absolute Gasteiger partial charge is 0.249 e. The first-order chi connectivity index (χ1) is 9.34. The molecule has 1 atom stereocenters. The standard InChI is InChI=1S/C16H14N2O/c19-16-14(11-12-7-3-1-4-8-12)15(17-18-16)13-9-5-2-6-10-13/h1-10,14H,11H2,(H,18,19). The van der Waals surface area contributed by atoms with Crippen molar-refractivity contribution >= 4 is 11.6 Å². The third kappa shape index (κ3) is 2.40. The van der Waals surface area contributed by atoms with Crippen molar-refractivity contribution in [3.05, 3.63) is 71.8 Å². The van der Waals surface area contributed by atoms with Gasteiger partial charge in [0.05, 0.1) is 11.6 Å². The van der Waals surface area contributed by atoms with E-state index < -0.39 is 0 Å². The summed E-state index contributed by atoms with van der Waals surface area (Å²) in [4.78, 5) is 11.9. The second kappa shape index (κ2) is 5.06. The lowest BCUT2D eigenvalue weighted by molar-refractivity contribution is -0.122. The van der Waals surface area contributed by atoms with Crippen molar-refractivity contribution in [2.24, 2.45) is 11.0 Å². The predicted molar refractivity (Wildman–Crippen MR) is 74.8 cm³/mol. The zero-order chi connectivity index (χ0) is 13.1. The highest BCUT2D eigenvalue weighted by Gasteiger charge is 2.30. The Labute approximate surface area is 112 Å². The molecule has 3 nitrogen and oxygen atoms in total. The van der Waals surface area contributed by atoms with Crippen molar-refractivity contribution in [2.75, 3.05) is 0 Å². The molecule has 1 unspecified atom stereocenters. The van der Waals surface area contributed by atoms with E-state index in [0.29, 0.717) is 6.42 Å².